The van der Waals surface area contributed by atoms with Crippen molar-refractivity contribution in [1.29, 1.82) is 0 Å². The molecular weight excluding hydrogens is 416 g/mol. The second-order valence-electron chi connectivity index (χ2n) is 5.07. The number of hydrogen-bond acceptors (Lipinski definition) is 2. The molecule has 0 atom stereocenters. The van der Waals surface area contributed by atoms with E-state index in [4.69, 9.17) is 4.74 Å². The zero-order chi connectivity index (χ0) is 18.8. The second-order valence-corrected chi connectivity index (χ2v) is 5.98. The molecule has 2 aromatic carbocycles. The van der Waals surface area contributed by atoms with E-state index in [1.165, 1.54) is 12.1 Å². The van der Waals surface area contributed by atoms with E-state index >= 15 is 0 Å². The number of nitrogens with one attached hydrogen (secondary N) is 1. The zero-order valence-electron chi connectivity index (χ0n) is 12.7. The number of halogens is 7. The van der Waals surface area contributed by atoms with Crippen LogP contribution in [0.2, 0.25) is 0 Å². The smallest absolute Gasteiger partial charge is 0.419 e. The van der Waals surface area contributed by atoms with Gasteiger partial charge >= 0.3 is 12.4 Å². The summed E-state index contributed by atoms with van der Waals surface area (Å²) in [6.45, 7) is -0.212. The third-order valence-corrected chi connectivity index (χ3v) is 3.86. The van der Waals surface area contributed by atoms with Crippen LogP contribution >= 0.6 is 15.9 Å². The Morgan fingerprint density at radius 3 is 2.12 bits per heavy atom. The fraction of sp³-hybridized carbons (Fsp3) is 0.250. The van der Waals surface area contributed by atoms with Crippen LogP contribution in [0.3, 0.4) is 0 Å². The van der Waals surface area contributed by atoms with Crippen LogP contribution in [0.4, 0.5) is 32.0 Å². The summed E-state index contributed by atoms with van der Waals surface area (Å²) in [7, 11) is 1.09. The van der Waals surface area contributed by atoms with Crippen LogP contribution in [-0.4, -0.2) is 7.11 Å². The highest BCUT2D eigenvalue weighted by molar-refractivity contribution is 9.10. The molecular formula is C16H12BrF6NO. The van der Waals surface area contributed by atoms with E-state index in [2.05, 4.69) is 21.2 Å². The lowest BCUT2D eigenvalue weighted by Gasteiger charge is -2.16. The molecule has 0 amide bonds. The van der Waals surface area contributed by atoms with Crippen molar-refractivity contribution in [3.05, 3.63) is 57.6 Å². The van der Waals surface area contributed by atoms with Gasteiger partial charge in [-0.15, -0.1) is 0 Å². The van der Waals surface area contributed by atoms with E-state index in [1.54, 1.807) is 0 Å². The molecule has 0 saturated carbocycles. The van der Waals surface area contributed by atoms with Crippen molar-refractivity contribution < 1.29 is 31.1 Å². The minimum absolute atomic E-state index is 0.0328. The van der Waals surface area contributed by atoms with Crippen molar-refractivity contribution in [3.63, 3.8) is 0 Å². The lowest BCUT2D eigenvalue weighted by molar-refractivity contribution is -0.139. The van der Waals surface area contributed by atoms with Gasteiger partial charge in [0, 0.05) is 22.8 Å². The van der Waals surface area contributed by atoms with Gasteiger partial charge in [-0.2, -0.15) is 26.3 Å². The van der Waals surface area contributed by atoms with Gasteiger partial charge < -0.3 is 10.1 Å². The Hall–Kier alpha value is -1.90. The molecule has 0 unspecified atom stereocenters. The first-order chi connectivity index (χ1) is 11.5. The Labute approximate surface area is 147 Å². The lowest BCUT2D eigenvalue weighted by atomic mass is 10.1. The van der Waals surface area contributed by atoms with Gasteiger partial charge in [-0.1, -0.05) is 22.0 Å². The zero-order valence-corrected chi connectivity index (χ0v) is 14.3. The molecule has 0 aromatic heterocycles. The Balaban J connectivity index is 2.25. The van der Waals surface area contributed by atoms with Crippen LogP contribution in [0.15, 0.2) is 40.9 Å². The van der Waals surface area contributed by atoms with Gasteiger partial charge in [0.2, 0.25) is 0 Å². The molecule has 2 aromatic rings. The minimum Gasteiger partial charge on any atom is -0.496 e. The topological polar surface area (TPSA) is 21.3 Å². The van der Waals surface area contributed by atoms with Crippen molar-refractivity contribution in [1.82, 2.24) is 0 Å². The molecule has 0 bridgehead atoms. The van der Waals surface area contributed by atoms with Gasteiger partial charge in [0.1, 0.15) is 5.75 Å². The van der Waals surface area contributed by atoms with Gasteiger partial charge in [0.15, 0.2) is 0 Å². The summed E-state index contributed by atoms with van der Waals surface area (Å²) in [5, 5.41) is 2.68. The van der Waals surface area contributed by atoms with E-state index < -0.39 is 29.2 Å². The van der Waals surface area contributed by atoms with E-state index in [-0.39, 0.29) is 22.3 Å². The van der Waals surface area contributed by atoms with Crippen molar-refractivity contribution in [3.8, 4) is 5.75 Å². The molecule has 25 heavy (non-hydrogen) atoms. The summed E-state index contributed by atoms with van der Waals surface area (Å²) in [5.74, 6) is -0.413. The Bertz CT molecular complexity index is 757. The standard InChI is InChI=1S/C16H12BrF6NO/c1-25-14-7-11(4-5-12(14)15(18,19)20)24-8-9-2-3-10(17)6-13(9)16(21,22)23/h2-7,24H,8H2,1H3. The molecule has 2 nitrogen and oxygen atoms in total. The van der Waals surface area contributed by atoms with E-state index in [0.29, 0.717) is 0 Å². The Kier molecular flexibility index (Phi) is 5.55. The second kappa shape index (κ2) is 7.15. The monoisotopic (exact) mass is 427 g/mol. The first-order valence-electron chi connectivity index (χ1n) is 6.87. The Morgan fingerprint density at radius 2 is 1.56 bits per heavy atom. The van der Waals surface area contributed by atoms with Gasteiger partial charge in [-0.25, -0.2) is 0 Å². The van der Waals surface area contributed by atoms with Crippen LogP contribution in [0, 0.1) is 0 Å². The van der Waals surface area contributed by atoms with Gasteiger partial charge in [-0.05, 0) is 29.8 Å². The maximum atomic E-state index is 13.1. The maximum Gasteiger partial charge on any atom is 0.419 e. The molecule has 0 saturated heterocycles. The first kappa shape index (κ1) is 19.4. The number of ether oxygens (including phenoxy) is 1. The molecule has 0 radical (unpaired) electrons. The maximum absolute atomic E-state index is 13.1. The third-order valence-electron chi connectivity index (χ3n) is 3.37. The van der Waals surface area contributed by atoms with Crippen molar-refractivity contribution in [2.75, 3.05) is 12.4 Å². The van der Waals surface area contributed by atoms with Gasteiger partial charge in [0.25, 0.3) is 0 Å². The predicted molar refractivity (Wildman–Crippen MR) is 84.5 cm³/mol. The van der Waals surface area contributed by atoms with Gasteiger partial charge in [0.05, 0.1) is 18.2 Å². The lowest BCUT2D eigenvalue weighted by Crippen LogP contribution is -2.12. The van der Waals surface area contributed by atoms with Crippen LogP contribution in [0.25, 0.3) is 0 Å². The fourth-order valence-corrected chi connectivity index (χ4v) is 2.56. The van der Waals surface area contributed by atoms with Crippen molar-refractivity contribution in [2.24, 2.45) is 0 Å². The number of benzene rings is 2. The minimum atomic E-state index is -4.58. The molecule has 0 fully saturated rings. The number of anilines is 1. The number of hydrogen-bond donors (Lipinski definition) is 1. The average molecular weight is 428 g/mol. The molecule has 2 rings (SSSR count). The summed E-state index contributed by atoms with van der Waals surface area (Å²) in [4.78, 5) is 0. The molecule has 0 aliphatic carbocycles. The quantitative estimate of drug-likeness (QED) is 0.594. The van der Waals surface area contributed by atoms with Crippen LogP contribution in [0.5, 0.6) is 5.75 Å². The molecule has 0 spiro atoms. The third kappa shape index (κ3) is 4.81. The predicted octanol–water partition coefficient (Wildman–Crippen LogP) is 6.11. The molecule has 136 valence electrons. The highest BCUT2D eigenvalue weighted by Crippen LogP contribution is 2.38. The van der Waals surface area contributed by atoms with Gasteiger partial charge in [-0.3, -0.25) is 0 Å². The summed E-state index contributed by atoms with van der Waals surface area (Å²) in [6.07, 6.45) is -9.13. The molecule has 1 N–H and O–H groups in total. The van der Waals surface area contributed by atoms with E-state index in [1.807, 2.05) is 0 Å². The number of methoxy groups -OCH3 is 1. The SMILES string of the molecule is COc1cc(NCc2ccc(Br)cc2C(F)(F)F)ccc1C(F)(F)F. The summed E-state index contributed by atoms with van der Waals surface area (Å²) in [6, 6.07) is 6.74. The molecule has 0 aliphatic heterocycles. The van der Waals surface area contributed by atoms with Crippen LogP contribution in [0.1, 0.15) is 16.7 Å². The van der Waals surface area contributed by atoms with Crippen molar-refractivity contribution in [2.45, 2.75) is 18.9 Å². The normalized spacial score (nSPS) is 12.2. The highest BCUT2D eigenvalue weighted by atomic mass is 79.9. The van der Waals surface area contributed by atoms with Crippen LogP contribution in [-0.2, 0) is 18.9 Å². The summed E-state index contributed by atoms with van der Waals surface area (Å²) < 4.78 is 82.6. The van der Waals surface area contributed by atoms with E-state index in [9.17, 15) is 26.3 Å². The van der Waals surface area contributed by atoms with Crippen LogP contribution < -0.4 is 10.1 Å². The number of rotatable bonds is 4. The largest absolute Gasteiger partial charge is 0.496 e. The average Bonchev–Trinajstić information content (AvgIpc) is 2.51. The highest BCUT2D eigenvalue weighted by Gasteiger charge is 2.35. The first-order valence-corrected chi connectivity index (χ1v) is 7.66. The summed E-state index contributed by atoms with van der Waals surface area (Å²) >= 11 is 2.99. The number of alkyl halides is 6. The molecule has 9 heteroatoms. The molecule has 0 aliphatic rings. The Morgan fingerprint density at radius 1 is 0.920 bits per heavy atom. The van der Waals surface area contributed by atoms with E-state index in [0.717, 1.165) is 31.4 Å². The fourth-order valence-electron chi connectivity index (χ4n) is 2.20. The summed E-state index contributed by atoms with van der Waals surface area (Å²) in [5.41, 5.74) is -1.61. The molecule has 0 heterocycles. The van der Waals surface area contributed by atoms with Crippen molar-refractivity contribution >= 4 is 21.6 Å².